The number of benzene rings is 1. The predicted molar refractivity (Wildman–Crippen MR) is 86.1 cm³/mol. The predicted octanol–water partition coefficient (Wildman–Crippen LogP) is 1.58. The van der Waals surface area contributed by atoms with Gasteiger partial charge in [0, 0.05) is 6.42 Å². The minimum Gasteiger partial charge on any atom is -0.479 e. The highest BCUT2D eigenvalue weighted by molar-refractivity contribution is 7.88. The summed E-state index contributed by atoms with van der Waals surface area (Å²) in [7, 11) is -5.84. The number of ether oxygens (including phenoxy) is 1. The molecule has 1 atom stereocenters. The summed E-state index contributed by atoms with van der Waals surface area (Å²) in [5.41, 5.74) is -3.25. The Morgan fingerprint density at radius 3 is 1.96 bits per heavy atom. The van der Waals surface area contributed by atoms with Crippen molar-refractivity contribution in [2.24, 2.45) is 5.73 Å². The minimum atomic E-state index is -5.84. The number of aliphatic carboxylic acids is 1. The highest BCUT2D eigenvalue weighted by atomic mass is 32.2. The van der Waals surface area contributed by atoms with Crippen molar-refractivity contribution in [1.29, 1.82) is 0 Å². The Morgan fingerprint density at radius 2 is 1.59 bits per heavy atom. The molecule has 0 aliphatic carbocycles. The molecular weight excluding hydrogens is 395 g/mol. The largest absolute Gasteiger partial charge is 0.534 e. The van der Waals surface area contributed by atoms with Gasteiger partial charge in [-0.25, -0.2) is 9.59 Å². The maximum Gasteiger partial charge on any atom is 0.534 e. The normalized spacial score (nSPS) is 14.9. The third-order valence-corrected chi connectivity index (χ3v) is 4.02. The van der Waals surface area contributed by atoms with E-state index in [4.69, 9.17) is 10.5 Å². The summed E-state index contributed by atoms with van der Waals surface area (Å²) in [6, 6.07) is 3.90. The molecule has 0 heterocycles. The summed E-state index contributed by atoms with van der Waals surface area (Å²) in [6.45, 7) is 4.54. The van der Waals surface area contributed by atoms with Gasteiger partial charge < -0.3 is 19.8 Å². The van der Waals surface area contributed by atoms with Crippen molar-refractivity contribution in [3.8, 4) is 5.75 Å². The molecule has 0 aliphatic rings. The number of carbonyl (C=O) groups is 2. The smallest absolute Gasteiger partial charge is 0.479 e. The molecule has 1 unspecified atom stereocenters. The number of nitrogens with two attached hydrogens (primary N) is 1. The van der Waals surface area contributed by atoms with Crippen molar-refractivity contribution in [1.82, 2.24) is 0 Å². The van der Waals surface area contributed by atoms with Crippen molar-refractivity contribution in [2.45, 2.75) is 43.8 Å². The van der Waals surface area contributed by atoms with E-state index in [0.29, 0.717) is 0 Å². The molecule has 0 aliphatic heterocycles. The topological polar surface area (TPSA) is 133 Å². The molecule has 1 aromatic rings. The van der Waals surface area contributed by atoms with Crippen LogP contribution in [0.4, 0.5) is 13.2 Å². The lowest BCUT2D eigenvalue weighted by Gasteiger charge is -2.28. The van der Waals surface area contributed by atoms with Crippen LogP contribution >= 0.6 is 0 Å². The van der Waals surface area contributed by atoms with Crippen LogP contribution in [0.15, 0.2) is 24.3 Å². The lowest BCUT2D eigenvalue weighted by atomic mass is 9.91. The number of carboxylic acids is 1. The summed E-state index contributed by atoms with van der Waals surface area (Å²) in [4.78, 5) is 23.6. The second-order valence-electron chi connectivity index (χ2n) is 6.58. The highest BCUT2D eigenvalue weighted by Gasteiger charge is 2.49. The first-order valence-electron chi connectivity index (χ1n) is 7.33. The zero-order chi connectivity index (χ0) is 21.3. The zero-order valence-electron chi connectivity index (χ0n) is 14.5. The molecule has 0 bridgehead atoms. The number of hydrogen-bond donors (Lipinski definition) is 2. The average Bonchev–Trinajstić information content (AvgIpc) is 2.45. The van der Waals surface area contributed by atoms with E-state index in [-0.39, 0.29) is 5.56 Å². The molecule has 1 rings (SSSR count). The van der Waals surface area contributed by atoms with Gasteiger partial charge >= 0.3 is 27.6 Å². The molecule has 0 spiro atoms. The zero-order valence-corrected chi connectivity index (χ0v) is 15.3. The molecule has 152 valence electrons. The summed E-state index contributed by atoms with van der Waals surface area (Å²) in [5.74, 6) is -3.52. The third kappa shape index (κ3) is 5.82. The van der Waals surface area contributed by atoms with E-state index in [2.05, 4.69) is 4.18 Å². The second kappa shape index (κ2) is 7.35. The van der Waals surface area contributed by atoms with Gasteiger partial charge in [-0.15, -0.1) is 0 Å². The number of alkyl halides is 3. The van der Waals surface area contributed by atoms with Crippen molar-refractivity contribution < 1.29 is 45.2 Å². The van der Waals surface area contributed by atoms with E-state index < -0.39 is 50.9 Å². The molecule has 1 aromatic carbocycles. The average molecular weight is 413 g/mol. The van der Waals surface area contributed by atoms with Gasteiger partial charge in [0.2, 0.25) is 5.54 Å². The SMILES string of the molecule is CC(C)(C)OC(=O)C(N)(Cc1ccc(OS(=O)(=O)C(F)(F)F)cc1)C(=O)O. The van der Waals surface area contributed by atoms with Gasteiger partial charge in [-0.1, -0.05) is 12.1 Å². The Hall–Kier alpha value is -2.34. The number of carboxylic acid groups (broad SMARTS) is 1. The van der Waals surface area contributed by atoms with Crippen LogP contribution in [-0.4, -0.2) is 42.1 Å². The lowest BCUT2D eigenvalue weighted by molar-refractivity contribution is -0.169. The first kappa shape index (κ1) is 22.7. The molecule has 12 heteroatoms. The minimum absolute atomic E-state index is 0.127. The Kier molecular flexibility index (Phi) is 6.18. The molecule has 0 radical (unpaired) electrons. The first-order valence-corrected chi connectivity index (χ1v) is 8.74. The monoisotopic (exact) mass is 413 g/mol. The molecular formula is C15H18F3NO7S. The highest BCUT2D eigenvalue weighted by Crippen LogP contribution is 2.27. The van der Waals surface area contributed by atoms with E-state index >= 15 is 0 Å². The van der Waals surface area contributed by atoms with Gasteiger partial charge in [0.05, 0.1) is 0 Å². The van der Waals surface area contributed by atoms with Crippen LogP contribution in [0.1, 0.15) is 26.3 Å². The fourth-order valence-corrected chi connectivity index (χ4v) is 2.22. The quantitative estimate of drug-likeness (QED) is 0.311. The van der Waals surface area contributed by atoms with Crippen LogP contribution < -0.4 is 9.92 Å². The Labute approximate surface area is 153 Å². The number of halogens is 3. The molecule has 0 saturated carbocycles. The van der Waals surface area contributed by atoms with Gasteiger partial charge in [0.15, 0.2) is 0 Å². The molecule has 8 nitrogen and oxygen atoms in total. The second-order valence-corrected chi connectivity index (χ2v) is 8.12. The van der Waals surface area contributed by atoms with Crippen LogP contribution in [-0.2, 0) is 30.9 Å². The van der Waals surface area contributed by atoms with Crippen LogP contribution in [0.2, 0.25) is 0 Å². The van der Waals surface area contributed by atoms with Crippen LogP contribution in [0.3, 0.4) is 0 Å². The van der Waals surface area contributed by atoms with E-state index in [1.165, 1.54) is 20.8 Å². The Bertz CT molecular complexity index is 813. The number of hydrogen-bond acceptors (Lipinski definition) is 7. The lowest BCUT2D eigenvalue weighted by Crippen LogP contribution is -2.58. The molecule has 27 heavy (non-hydrogen) atoms. The molecule has 3 N–H and O–H groups in total. The van der Waals surface area contributed by atoms with Gasteiger partial charge in [-0.3, -0.25) is 0 Å². The van der Waals surface area contributed by atoms with E-state index in [1.54, 1.807) is 0 Å². The summed E-state index contributed by atoms with van der Waals surface area (Å²) in [5, 5.41) is 9.30. The van der Waals surface area contributed by atoms with E-state index in [1.807, 2.05) is 0 Å². The maximum atomic E-state index is 12.3. The Balaban J connectivity index is 3.03. The molecule has 0 fully saturated rings. The van der Waals surface area contributed by atoms with Crippen LogP contribution in [0, 0.1) is 0 Å². The van der Waals surface area contributed by atoms with Crippen molar-refractivity contribution >= 4 is 22.1 Å². The fraction of sp³-hybridized carbons (Fsp3) is 0.467. The number of esters is 1. The summed E-state index contributed by atoms with van der Waals surface area (Å²) >= 11 is 0. The standard InChI is InChI=1S/C15H18F3NO7S/c1-13(2,3)25-12(22)14(19,11(20)21)8-9-4-6-10(7-5-9)26-27(23,24)15(16,17)18/h4-7H,8,19H2,1-3H3,(H,20,21). The first-order chi connectivity index (χ1) is 12.0. The van der Waals surface area contributed by atoms with Gasteiger partial charge in [0.25, 0.3) is 0 Å². The van der Waals surface area contributed by atoms with Gasteiger partial charge in [0.1, 0.15) is 11.4 Å². The van der Waals surface area contributed by atoms with Crippen LogP contribution in [0.5, 0.6) is 5.75 Å². The molecule has 0 aromatic heterocycles. The summed E-state index contributed by atoms with van der Waals surface area (Å²) in [6.07, 6.45) is -0.552. The number of carbonyl (C=O) groups excluding carboxylic acids is 1. The molecule has 0 saturated heterocycles. The number of rotatable bonds is 6. The van der Waals surface area contributed by atoms with Crippen LogP contribution in [0.25, 0.3) is 0 Å². The van der Waals surface area contributed by atoms with E-state index in [0.717, 1.165) is 24.3 Å². The summed E-state index contributed by atoms with van der Waals surface area (Å²) < 4.78 is 67.7. The Morgan fingerprint density at radius 1 is 1.11 bits per heavy atom. The van der Waals surface area contributed by atoms with Gasteiger partial charge in [-0.05, 0) is 38.5 Å². The third-order valence-electron chi connectivity index (χ3n) is 3.04. The van der Waals surface area contributed by atoms with Crippen molar-refractivity contribution in [3.05, 3.63) is 29.8 Å². The molecule has 0 amide bonds. The van der Waals surface area contributed by atoms with Crippen molar-refractivity contribution in [3.63, 3.8) is 0 Å². The maximum absolute atomic E-state index is 12.3. The fourth-order valence-electron chi connectivity index (χ4n) is 1.76. The van der Waals surface area contributed by atoms with E-state index in [9.17, 15) is 36.3 Å². The van der Waals surface area contributed by atoms with Crippen molar-refractivity contribution in [2.75, 3.05) is 0 Å². The van der Waals surface area contributed by atoms with Gasteiger partial charge in [-0.2, -0.15) is 21.6 Å².